The summed E-state index contributed by atoms with van der Waals surface area (Å²) in [4.78, 5) is 16.4. The third-order valence-electron chi connectivity index (χ3n) is 4.43. The highest BCUT2D eigenvalue weighted by molar-refractivity contribution is 5.75. The number of esters is 1. The second kappa shape index (κ2) is 8.76. The van der Waals surface area contributed by atoms with Crippen LogP contribution in [-0.4, -0.2) is 17.6 Å². The second-order valence-electron chi connectivity index (χ2n) is 6.08. The van der Waals surface area contributed by atoms with Gasteiger partial charge < -0.3 is 9.47 Å². The molecule has 1 aliphatic rings. The van der Waals surface area contributed by atoms with E-state index in [4.69, 9.17) is 9.47 Å². The molecule has 0 amide bonds. The standard InChI is InChI=1S/C18H27NO3/c1-3-5-12-21-17-11-10-16(13-19-17)22-18(20)15-8-6-14(4-2)7-9-15/h10-11,13-15H,3-9,12H2,1-2H3. The summed E-state index contributed by atoms with van der Waals surface area (Å²) in [6, 6.07) is 3.51. The highest BCUT2D eigenvalue weighted by Gasteiger charge is 2.27. The molecule has 122 valence electrons. The number of nitrogens with zero attached hydrogens (tertiary/aromatic N) is 1. The van der Waals surface area contributed by atoms with Crippen LogP contribution in [0.4, 0.5) is 0 Å². The minimum atomic E-state index is -0.115. The summed E-state index contributed by atoms with van der Waals surface area (Å²) in [7, 11) is 0. The largest absolute Gasteiger partial charge is 0.478 e. The smallest absolute Gasteiger partial charge is 0.314 e. The highest BCUT2D eigenvalue weighted by Crippen LogP contribution is 2.31. The monoisotopic (exact) mass is 305 g/mol. The van der Waals surface area contributed by atoms with Gasteiger partial charge in [-0.05, 0) is 44.1 Å². The Labute approximate surface area is 133 Å². The number of hydrogen-bond acceptors (Lipinski definition) is 4. The van der Waals surface area contributed by atoms with Gasteiger partial charge in [-0.25, -0.2) is 4.98 Å². The van der Waals surface area contributed by atoms with E-state index >= 15 is 0 Å². The first-order valence-corrected chi connectivity index (χ1v) is 8.53. The molecule has 1 aliphatic carbocycles. The number of pyridine rings is 1. The maximum Gasteiger partial charge on any atom is 0.314 e. The summed E-state index contributed by atoms with van der Waals surface area (Å²) in [5, 5.41) is 0. The van der Waals surface area contributed by atoms with Gasteiger partial charge in [0.05, 0.1) is 18.7 Å². The van der Waals surface area contributed by atoms with E-state index in [2.05, 4.69) is 18.8 Å². The number of unbranched alkanes of at least 4 members (excludes halogenated alkanes) is 1. The number of aromatic nitrogens is 1. The Hall–Kier alpha value is -1.58. The molecule has 0 radical (unpaired) electrons. The minimum absolute atomic E-state index is 0.0447. The number of hydrogen-bond donors (Lipinski definition) is 0. The van der Waals surface area contributed by atoms with Gasteiger partial charge in [-0.3, -0.25) is 4.79 Å². The van der Waals surface area contributed by atoms with Crippen LogP contribution in [0.5, 0.6) is 11.6 Å². The van der Waals surface area contributed by atoms with Crippen LogP contribution in [0.1, 0.15) is 58.8 Å². The molecule has 0 N–H and O–H groups in total. The second-order valence-corrected chi connectivity index (χ2v) is 6.08. The Balaban J connectivity index is 1.79. The molecule has 0 saturated heterocycles. The summed E-state index contributed by atoms with van der Waals surface area (Å²) in [5.41, 5.74) is 0. The summed E-state index contributed by atoms with van der Waals surface area (Å²) in [6.07, 6.45) is 9.06. The van der Waals surface area contributed by atoms with Gasteiger partial charge in [0.1, 0.15) is 5.75 Å². The van der Waals surface area contributed by atoms with E-state index in [0.717, 1.165) is 44.4 Å². The zero-order valence-electron chi connectivity index (χ0n) is 13.7. The highest BCUT2D eigenvalue weighted by atomic mass is 16.5. The SMILES string of the molecule is CCCCOc1ccc(OC(=O)C2CCC(CC)CC2)cn1. The quantitative estimate of drug-likeness (QED) is 0.554. The van der Waals surface area contributed by atoms with Crippen molar-refractivity contribution in [3.63, 3.8) is 0 Å². The van der Waals surface area contributed by atoms with E-state index in [1.54, 1.807) is 18.3 Å². The predicted octanol–water partition coefficient (Wildman–Crippen LogP) is 4.38. The summed E-state index contributed by atoms with van der Waals surface area (Å²) in [6.45, 7) is 5.01. The van der Waals surface area contributed by atoms with Crippen molar-refractivity contribution >= 4 is 5.97 Å². The van der Waals surface area contributed by atoms with E-state index in [0.29, 0.717) is 18.2 Å². The molecule has 1 fully saturated rings. The lowest BCUT2D eigenvalue weighted by Gasteiger charge is -2.26. The Kier molecular flexibility index (Phi) is 6.69. The van der Waals surface area contributed by atoms with Crippen LogP contribution in [0.15, 0.2) is 18.3 Å². The van der Waals surface area contributed by atoms with Crippen LogP contribution < -0.4 is 9.47 Å². The zero-order valence-corrected chi connectivity index (χ0v) is 13.7. The maximum atomic E-state index is 12.2. The van der Waals surface area contributed by atoms with E-state index in [1.165, 1.54) is 6.42 Å². The first-order valence-electron chi connectivity index (χ1n) is 8.53. The average Bonchev–Trinajstić information content (AvgIpc) is 2.57. The molecular weight excluding hydrogens is 278 g/mol. The topological polar surface area (TPSA) is 48.4 Å². The third kappa shape index (κ3) is 5.00. The zero-order chi connectivity index (χ0) is 15.8. The number of rotatable bonds is 7. The van der Waals surface area contributed by atoms with Gasteiger partial charge in [-0.1, -0.05) is 26.7 Å². The van der Waals surface area contributed by atoms with Gasteiger partial charge in [0, 0.05) is 6.07 Å². The van der Waals surface area contributed by atoms with Crippen LogP contribution in [0.3, 0.4) is 0 Å². The van der Waals surface area contributed by atoms with Crippen molar-refractivity contribution < 1.29 is 14.3 Å². The fraction of sp³-hybridized carbons (Fsp3) is 0.667. The van der Waals surface area contributed by atoms with Crippen molar-refractivity contribution in [2.45, 2.75) is 58.8 Å². The minimum Gasteiger partial charge on any atom is -0.478 e. The molecule has 1 saturated carbocycles. The van der Waals surface area contributed by atoms with Crippen LogP contribution in [-0.2, 0) is 4.79 Å². The maximum absolute atomic E-state index is 12.2. The van der Waals surface area contributed by atoms with Crippen LogP contribution in [0.2, 0.25) is 0 Å². The lowest BCUT2D eigenvalue weighted by atomic mass is 9.81. The molecule has 0 atom stereocenters. The Morgan fingerprint density at radius 3 is 2.59 bits per heavy atom. The normalized spacial score (nSPS) is 21.4. The van der Waals surface area contributed by atoms with Crippen LogP contribution in [0, 0.1) is 11.8 Å². The van der Waals surface area contributed by atoms with Gasteiger partial charge in [-0.15, -0.1) is 0 Å². The van der Waals surface area contributed by atoms with Crippen molar-refractivity contribution in [2.75, 3.05) is 6.61 Å². The predicted molar refractivity (Wildman–Crippen MR) is 86.0 cm³/mol. The summed E-state index contributed by atoms with van der Waals surface area (Å²) >= 11 is 0. The van der Waals surface area contributed by atoms with E-state index in [-0.39, 0.29) is 11.9 Å². The Bertz CT molecular complexity index is 450. The molecule has 0 aliphatic heterocycles. The van der Waals surface area contributed by atoms with Crippen molar-refractivity contribution in [1.82, 2.24) is 4.98 Å². The van der Waals surface area contributed by atoms with Crippen molar-refractivity contribution in [1.29, 1.82) is 0 Å². The first-order chi connectivity index (χ1) is 10.7. The lowest BCUT2D eigenvalue weighted by Crippen LogP contribution is -2.25. The van der Waals surface area contributed by atoms with E-state index in [1.807, 2.05) is 0 Å². The average molecular weight is 305 g/mol. The van der Waals surface area contributed by atoms with Gasteiger partial charge >= 0.3 is 5.97 Å². The molecule has 1 aromatic heterocycles. The van der Waals surface area contributed by atoms with Crippen molar-refractivity contribution in [3.8, 4) is 11.6 Å². The third-order valence-corrected chi connectivity index (χ3v) is 4.43. The molecule has 1 heterocycles. The molecule has 4 heteroatoms. The molecule has 0 spiro atoms. The van der Waals surface area contributed by atoms with Gasteiger partial charge in [0.2, 0.25) is 5.88 Å². The van der Waals surface area contributed by atoms with Crippen molar-refractivity contribution in [2.24, 2.45) is 11.8 Å². The molecule has 22 heavy (non-hydrogen) atoms. The number of carbonyl (C=O) groups is 1. The van der Waals surface area contributed by atoms with Gasteiger partial charge in [0.15, 0.2) is 0 Å². The summed E-state index contributed by atoms with van der Waals surface area (Å²) in [5.74, 6) is 1.80. The molecule has 0 bridgehead atoms. The van der Waals surface area contributed by atoms with Crippen LogP contribution in [0.25, 0.3) is 0 Å². The fourth-order valence-electron chi connectivity index (χ4n) is 2.84. The lowest BCUT2D eigenvalue weighted by molar-refractivity contribution is -0.140. The molecule has 0 aromatic carbocycles. The molecule has 0 unspecified atom stereocenters. The summed E-state index contributed by atoms with van der Waals surface area (Å²) < 4.78 is 10.9. The Morgan fingerprint density at radius 2 is 2.00 bits per heavy atom. The number of ether oxygens (including phenoxy) is 2. The molecule has 4 nitrogen and oxygen atoms in total. The molecule has 2 rings (SSSR count). The van der Waals surface area contributed by atoms with Crippen LogP contribution >= 0.6 is 0 Å². The van der Waals surface area contributed by atoms with E-state index < -0.39 is 0 Å². The molecular formula is C18H27NO3. The number of carbonyl (C=O) groups excluding carboxylic acids is 1. The first kappa shape index (κ1) is 16.8. The van der Waals surface area contributed by atoms with Gasteiger partial charge in [-0.2, -0.15) is 0 Å². The van der Waals surface area contributed by atoms with E-state index in [9.17, 15) is 4.79 Å². The van der Waals surface area contributed by atoms with Gasteiger partial charge in [0.25, 0.3) is 0 Å². The Morgan fingerprint density at radius 1 is 1.23 bits per heavy atom. The fourth-order valence-corrected chi connectivity index (χ4v) is 2.84. The molecule has 1 aromatic rings. The van der Waals surface area contributed by atoms with Crippen molar-refractivity contribution in [3.05, 3.63) is 18.3 Å².